The SMILES string of the molecule is Cc1cc(C(=O)NCc2cc(F)cc(F)c2)c2cnn(Cc3cccs3)c2n1. The number of nitrogens with one attached hydrogen (secondary N) is 1. The number of pyridine rings is 1. The van der Waals surface area contributed by atoms with Crippen molar-refractivity contribution in [3.05, 3.63) is 81.3 Å². The third-order valence-electron chi connectivity index (χ3n) is 4.24. The summed E-state index contributed by atoms with van der Waals surface area (Å²) in [5.41, 5.74) is 2.08. The first kappa shape index (κ1) is 18.2. The van der Waals surface area contributed by atoms with Crippen molar-refractivity contribution in [3.63, 3.8) is 0 Å². The average molecular weight is 398 g/mol. The van der Waals surface area contributed by atoms with Gasteiger partial charge in [0.05, 0.1) is 23.7 Å². The first-order chi connectivity index (χ1) is 13.5. The van der Waals surface area contributed by atoms with Crippen LogP contribution in [0.3, 0.4) is 0 Å². The normalized spacial score (nSPS) is 11.1. The molecule has 0 aliphatic rings. The van der Waals surface area contributed by atoms with E-state index in [2.05, 4.69) is 15.4 Å². The number of thiophene rings is 1. The number of amides is 1. The van der Waals surface area contributed by atoms with E-state index < -0.39 is 11.6 Å². The molecular weight excluding hydrogens is 382 g/mol. The molecule has 4 rings (SSSR count). The summed E-state index contributed by atoms with van der Waals surface area (Å²) in [5, 5.41) is 9.71. The van der Waals surface area contributed by atoms with Crippen molar-refractivity contribution in [2.45, 2.75) is 20.0 Å². The highest BCUT2D eigenvalue weighted by Gasteiger charge is 2.16. The average Bonchev–Trinajstić information content (AvgIpc) is 3.29. The number of hydrogen-bond acceptors (Lipinski definition) is 4. The van der Waals surface area contributed by atoms with Crippen LogP contribution in [-0.4, -0.2) is 20.7 Å². The summed E-state index contributed by atoms with van der Waals surface area (Å²) < 4.78 is 28.4. The van der Waals surface area contributed by atoms with Crippen molar-refractivity contribution >= 4 is 28.3 Å². The Hall–Kier alpha value is -3.13. The highest BCUT2D eigenvalue weighted by Crippen LogP contribution is 2.20. The molecule has 3 heterocycles. The quantitative estimate of drug-likeness (QED) is 0.552. The van der Waals surface area contributed by atoms with Gasteiger partial charge in [0.1, 0.15) is 11.6 Å². The minimum atomic E-state index is -0.679. The van der Waals surface area contributed by atoms with Gasteiger partial charge in [0.15, 0.2) is 5.65 Å². The Labute approximate surface area is 163 Å². The number of fused-ring (bicyclic) bond motifs is 1. The van der Waals surface area contributed by atoms with Crippen molar-refractivity contribution in [3.8, 4) is 0 Å². The lowest BCUT2D eigenvalue weighted by Crippen LogP contribution is -2.23. The fourth-order valence-electron chi connectivity index (χ4n) is 3.02. The first-order valence-corrected chi connectivity index (χ1v) is 9.46. The van der Waals surface area contributed by atoms with E-state index in [1.165, 1.54) is 12.1 Å². The van der Waals surface area contributed by atoms with Crippen molar-refractivity contribution in [2.75, 3.05) is 0 Å². The Morgan fingerprint density at radius 1 is 1.21 bits per heavy atom. The molecule has 3 aromatic heterocycles. The van der Waals surface area contributed by atoms with Crippen molar-refractivity contribution in [1.29, 1.82) is 0 Å². The van der Waals surface area contributed by atoms with Crippen LogP contribution in [-0.2, 0) is 13.1 Å². The number of rotatable bonds is 5. The molecule has 0 radical (unpaired) electrons. The van der Waals surface area contributed by atoms with Crippen molar-refractivity contribution in [1.82, 2.24) is 20.1 Å². The summed E-state index contributed by atoms with van der Waals surface area (Å²) in [6.07, 6.45) is 1.62. The number of aryl methyl sites for hydroxylation is 1. The van der Waals surface area contributed by atoms with E-state index in [0.29, 0.717) is 34.4 Å². The van der Waals surface area contributed by atoms with Gasteiger partial charge in [-0.2, -0.15) is 5.10 Å². The molecule has 0 spiro atoms. The molecule has 0 fully saturated rings. The van der Waals surface area contributed by atoms with Gasteiger partial charge in [0.2, 0.25) is 0 Å². The number of halogens is 2. The van der Waals surface area contributed by atoms with E-state index in [1.807, 2.05) is 17.5 Å². The molecule has 5 nitrogen and oxygen atoms in total. The molecule has 142 valence electrons. The predicted molar refractivity (Wildman–Crippen MR) is 103 cm³/mol. The second kappa shape index (κ2) is 7.47. The molecule has 0 saturated heterocycles. The standard InChI is InChI=1S/C20H16F2N4OS/c1-12-5-17(20(27)23-9-13-6-14(21)8-15(22)7-13)18-10-24-26(19(18)25-12)11-16-3-2-4-28-16/h2-8,10H,9,11H2,1H3,(H,23,27). The number of carbonyl (C=O) groups is 1. The summed E-state index contributed by atoms with van der Waals surface area (Å²) in [5.74, 6) is -1.71. The van der Waals surface area contributed by atoms with Gasteiger partial charge in [-0.15, -0.1) is 11.3 Å². The van der Waals surface area contributed by atoms with E-state index in [1.54, 1.807) is 35.2 Å². The topological polar surface area (TPSA) is 59.8 Å². The molecule has 1 amide bonds. The van der Waals surface area contributed by atoms with Crippen molar-refractivity contribution < 1.29 is 13.6 Å². The predicted octanol–water partition coefficient (Wildman–Crippen LogP) is 4.06. The molecule has 4 aromatic rings. The molecule has 28 heavy (non-hydrogen) atoms. The lowest BCUT2D eigenvalue weighted by Gasteiger charge is -2.08. The number of benzene rings is 1. The molecule has 0 unspecified atom stereocenters. The largest absolute Gasteiger partial charge is 0.348 e. The van der Waals surface area contributed by atoms with E-state index >= 15 is 0 Å². The lowest BCUT2D eigenvalue weighted by molar-refractivity contribution is 0.0952. The van der Waals surface area contributed by atoms with E-state index in [0.717, 1.165) is 10.9 Å². The Balaban J connectivity index is 1.60. The van der Waals surface area contributed by atoms with Gasteiger partial charge >= 0.3 is 0 Å². The molecule has 0 aliphatic carbocycles. The third-order valence-corrected chi connectivity index (χ3v) is 5.10. The van der Waals surface area contributed by atoms with Crippen LogP contribution >= 0.6 is 11.3 Å². The summed E-state index contributed by atoms with van der Waals surface area (Å²) >= 11 is 1.62. The van der Waals surface area contributed by atoms with Gasteiger partial charge in [-0.3, -0.25) is 4.79 Å². The summed E-state index contributed by atoms with van der Waals surface area (Å²) in [6, 6.07) is 8.84. The Morgan fingerprint density at radius 3 is 2.71 bits per heavy atom. The van der Waals surface area contributed by atoms with Crippen LogP contribution in [0.4, 0.5) is 8.78 Å². The maximum Gasteiger partial charge on any atom is 0.252 e. The number of aromatic nitrogens is 3. The zero-order valence-corrected chi connectivity index (χ0v) is 15.8. The van der Waals surface area contributed by atoms with Gasteiger partial charge in [0.25, 0.3) is 5.91 Å². The molecular formula is C20H16F2N4OS. The molecule has 1 aromatic carbocycles. The number of nitrogens with zero attached hydrogens (tertiary/aromatic N) is 3. The molecule has 0 aliphatic heterocycles. The molecule has 8 heteroatoms. The van der Waals surface area contributed by atoms with Crippen LogP contribution < -0.4 is 5.32 Å². The van der Waals surface area contributed by atoms with E-state index in [-0.39, 0.29) is 12.5 Å². The van der Waals surface area contributed by atoms with Crippen LogP contribution in [0.2, 0.25) is 0 Å². The van der Waals surface area contributed by atoms with Crippen LogP contribution in [0.25, 0.3) is 11.0 Å². The van der Waals surface area contributed by atoms with Crippen LogP contribution in [0.5, 0.6) is 0 Å². The Morgan fingerprint density at radius 2 is 2.00 bits per heavy atom. The van der Waals surface area contributed by atoms with Gasteiger partial charge in [-0.1, -0.05) is 6.07 Å². The minimum Gasteiger partial charge on any atom is -0.348 e. The van der Waals surface area contributed by atoms with Gasteiger partial charge < -0.3 is 5.32 Å². The molecule has 1 N–H and O–H groups in total. The van der Waals surface area contributed by atoms with Crippen molar-refractivity contribution in [2.24, 2.45) is 0 Å². The first-order valence-electron chi connectivity index (χ1n) is 8.58. The number of carbonyl (C=O) groups excluding carboxylic acids is 1. The van der Waals surface area contributed by atoms with Crippen LogP contribution in [0, 0.1) is 18.6 Å². The van der Waals surface area contributed by atoms with Gasteiger partial charge in [-0.25, -0.2) is 18.4 Å². The lowest BCUT2D eigenvalue weighted by atomic mass is 10.1. The fourth-order valence-corrected chi connectivity index (χ4v) is 3.70. The number of hydrogen-bond donors (Lipinski definition) is 1. The molecule has 0 atom stereocenters. The molecule has 0 saturated carbocycles. The second-order valence-electron chi connectivity index (χ2n) is 6.39. The summed E-state index contributed by atoms with van der Waals surface area (Å²) in [7, 11) is 0. The van der Waals surface area contributed by atoms with Gasteiger partial charge in [-0.05, 0) is 42.1 Å². The van der Waals surface area contributed by atoms with Crippen LogP contribution in [0.15, 0.2) is 48.0 Å². The maximum absolute atomic E-state index is 13.3. The minimum absolute atomic E-state index is 0.0136. The van der Waals surface area contributed by atoms with E-state index in [9.17, 15) is 13.6 Å². The maximum atomic E-state index is 13.3. The Bertz CT molecular complexity index is 1130. The summed E-state index contributed by atoms with van der Waals surface area (Å²) in [4.78, 5) is 18.4. The van der Waals surface area contributed by atoms with E-state index in [4.69, 9.17) is 0 Å². The summed E-state index contributed by atoms with van der Waals surface area (Å²) in [6.45, 7) is 2.39. The molecule has 0 bridgehead atoms. The fraction of sp³-hybridized carbons (Fsp3) is 0.150. The Kier molecular flexibility index (Phi) is 4.87. The monoisotopic (exact) mass is 398 g/mol. The van der Waals surface area contributed by atoms with Gasteiger partial charge in [0, 0.05) is 23.2 Å². The van der Waals surface area contributed by atoms with Crippen LogP contribution in [0.1, 0.15) is 26.5 Å². The highest BCUT2D eigenvalue weighted by molar-refractivity contribution is 7.09. The zero-order valence-electron chi connectivity index (χ0n) is 14.9. The highest BCUT2D eigenvalue weighted by atomic mass is 32.1. The second-order valence-corrected chi connectivity index (χ2v) is 7.42. The zero-order chi connectivity index (χ0) is 19.7. The third kappa shape index (κ3) is 3.77. The smallest absolute Gasteiger partial charge is 0.252 e.